The highest BCUT2D eigenvalue weighted by Gasteiger charge is 2.35. The zero-order valence-electron chi connectivity index (χ0n) is 18.4. The number of nitrogens with zero attached hydrogens (tertiary/aromatic N) is 5. The predicted molar refractivity (Wildman–Crippen MR) is 117 cm³/mol. The van der Waals surface area contributed by atoms with Crippen LogP contribution in [0.3, 0.4) is 0 Å². The SMILES string of the molecule is COc1ccc(C(=O)N2CCCN(C(=O)c3ccncc3)C(c3n[nH]c(C)n3)C2)c(C)c1. The highest BCUT2D eigenvalue weighted by Crippen LogP contribution is 2.27. The minimum atomic E-state index is -0.467. The minimum absolute atomic E-state index is 0.0828. The molecule has 1 atom stereocenters. The maximum absolute atomic E-state index is 13.4. The third-order valence-corrected chi connectivity index (χ3v) is 5.65. The van der Waals surface area contributed by atoms with Crippen LogP contribution in [0.15, 0.2) is 42.7 Å². The first-order chi connectivity index (χ1) is 15.5. The molecule has 1 aromatic carbocycles. The van der Waals surface area contributed by atoms with E-state index in [1.54, 1.807) is 53.6 Å². The van der Waals surface area contributed by atoms with E-state index in [1.807, 2.05) is 19.9 Å². The van der Waals surface area contributed by atoms with Crippen molar-refractivity contribution in [2.75, 3.05) is 26.7 Å². The number of H-pyrrole nitrogens is 1. The number of aromatic amines is 1. The van der Waals surface area contributed by atoms with Crippen LogP contribution in [0.5, 0.6) is 5.75 Å². The van der Waals surface area contributed by atoms with Crippen LogP contribution >= 0.6 is 0 Å². The van der Waals surface area contributed by atoms with Gasteiger partial charge in [0.2, 0.25) is 0 Å². The monoisotopic (exact) mass is 434 g/mol. The summed E-state index contributed by atoms with van der Waals surface area (Å²) in [4.78, 5) is 38.8. The van der Waals surface area contributed by atoms with Gasteiger partial charge in [-0.15, -0.1) is 0 Å². The van der Waals surface area contributed by atoms with E-state index >= 15 is 0 Å². The van der Waals surface area contributed by atoms with Crippen LogP contribution in [0.1, 0.15) is 50.4 Å². The molecule has 3 heterocycles. The van der Waals surface area contributed by atoms with Crippen LogP contribution in [-0.2, 0) is 0 Å². The van der Waals surface area contributed by atoms with E-state index in [9.17, 15) is 9.59 Å². The van der Waals surface area contributed by atoms with Gasteiger partial charge in [0.15, 0.2) is 5.82 Å². The molecule has 4 rings (SSSR count). The summed E-state index contributed by atoms with van der Waals surface area (Å²) in [5, 5.41) is 7.17. The number of benzene rings is 1. The van der Waals surface area contributed by atoms with E-state index in [2.05, 4.69) is 20.2 Å². The fourth-order valence-electron chi connectivity index (χ4n) is 3.98. The lowest BCUT2D eigenvalue weighted by atomic mass is 10.1. The number of aromatic nitrogens is 4. The normalized spacial score (nSPS) is 16.5. The Balaban J connectivity index is 1.65. The van der Waals surface area contributed by atoms with Crippen molar-refractivity contribution < 1.29 is 14.3 Å². The van der Waals surface area contributed by atoms with Crippen molar-refractivity contribution in [3.63, 3.8) is 0 Å². The molecule has 0 spiro atoms. The molecule has 0 bridgehead atoms. The number of amides is 2. The summed E-state index contributed by atoms with van der Waals surface area (Å²) in [5.74, 6) is 1.65. The first-order valence-corrected chi connectivity index (χ1v) is 10.5. The zero-order valence-corrected chi connectivity index (χ0v) is 18.4. The molecule has 1 unspecified atom stereocenters. The molecule has 1 saturated heterocycles. The fraction of sp³-hybridized carbons (Fsp3) is 0.348. The minimum Gasteiger partial charge on any atom is -0.497 e. The lowest BCUT2D eigenvalue weighted by Crippen LogP contribution is -2.41. The van der Waals surface area contributed by atoms with Crippen molar-refractivity contribution in [1.82, 2.24) is 30.0 Å². The van der Waals surface area contributed by atoms with Gasteiger partial charge in [0.1, 0.15) is 17.6 Å². The Morgan fingerprint density at radius 1 is 1.09 bits per heavy atom. The third kappa shape index (κ3) is 4.32. The van der Waals surface area contributed by atoms with Crippen LogP contribution < -0.4 is 4.74 Å². The second-order valence-corrected chi connectivity index (χ2v) is 7.81. The number of nitrogens with one attached hydrogen (secondary N) is 1. The van der Waals surface area contributed by atoms with Crippen molar-refractivity contribution in [2.45, 2.75) is 26.3 Å². The molecule has 9 nitrogen and oxygen atoms in total. The van der Waals surface area contributed by atoms with E-state index in [1.165, 1.54) is 0 Å². The number of aryl methyl sites for hydroxylation is 2. The average Bonchev–Trinajstić information content (AvgIpc) is 3.12. The highest BCUT2D eigenvalue weighted by molar-refractivity contribution is 5.96. The Morgan fingerprint density at radius 3 is 2.53 bits per heavy atom. The molecule has 0 saturated carbocycles. The number of ether oxygens (including phenoxy) is 1. The largest absolute Gasteiger partial charge is 0.497 e. The summed E-state index contributed by atoms with van der Waals surface area (Å²) in [6.07, 6.45) is 3.84. The number of hydrogen-bond acceptors (Lipinski definition) is 6. The van der Waals surface area contributed by atoms with Crippen molar-refractivity contribution in [1.29, 1.82) is 0 Å². The summed E-state index contributed by atoms with van der Waals surface area (Å²) in [6, 6.07) is 8.33. The maximum Gasteiger partial charge on any atom is 0.254 e. The van der Waals surface area contributed by atoms with Gasteiger partial charge in [-0.1, -0.05) is 0 Å². The Labute approximate surface area is 186 Å². The molecular formula is C23H26N6O3. The molecule has 9 heteroatoms. The predicted octanol–water partition coefficient (Wildman–Crippen LogP) is 2.55. The standard InChI is InChI=1S/C23H26N6O3/c1-15-13-18(32-3)5-6-19(15)23(31)28-11-4-12-29(22(30)17-7-9-24-10-8-17)20(14-28)21-25-16(2)26-27-21/h5-10,13,20H,4,11-12,14H2,1-3H3,(H,25,26,27). The average molecular weight is 435 g/mol. The van der Waals surface area contributed by atoms with Gasteiger partial charge in [-0.25, -0.2) is 4.98 Å². The van der Waals surface area contributed by atoms with Gasteiger partial charge in [0.25, 0.3) is 11.8 Å². The van der Waals surface area contributed by atoms with E-state index in [0.29, 0.717) is 54.6 Å². The van der Waals surface area contributed by atoms with Gasteiger partial charge in [-0.2, -0.15) is 5.10 Å². The summed E-state index contributed by atoms with van der Waals surface area (Å²) < 4.78 is 5.26. The quantitative estimate of drug-likeness (QED) is 0.677. The molecule has 32 heavy (non-hydrogen) atoms. The number of hydrogen-bond donors (Lipinski definition) is 1. The number of rotatable bonds is 4. The lowest BCUT2D eigenvalue weighted by molar-refractivity contribution is 0.0622. The van der Waals surface area contributed by atoms with E-state index < -0.39 is 6.04 Å². The summed E-state index contributed by atoms with van der Waals surface area (Å²) in [5.41, 5.74) is 2.00. The third-order valence-electron chi connectivity index (χ3n) is 5.65. The van der Waals surface area contributed by atoms with Crippen molar-refractivity contribution in [3.8, 4) is 5.75 Å². The van der Waals surface area contributed by atoms with Crippen LogP contribution in [0.4, 0.5) is 0 Å². The van der Waals surface area contributed by atoms with Gasteiger partial charge in [-0.3, -0.25) is 19.7 Å². The van der Waals surface area contributed by atoms with Gasteiger partial charge in [-0.05, 0) is 56.2 Å². The Kier molecular flexibility index (Phi) is 6.16. The molecular weight excluding hydrogens is 408 g/mol. The first-order valence-electron chi connectivity index (χ1n) is 10.5. The summed E-state index contributed by atoms with van der Waals surface area (Å²) in [6.45, 7) is 5.03. The smallest absolute Gasteiger partial charge is 0.254 e. The van der Waals surface area contributed by atoms with E-state index in [-0.39, 0.29) is 11.8 Å². The number of pyridine rings is 1. The van der Waals surface area contributed by atoms with Gasteiger partial charge in [0, 0.05) is 43.2 Å². The van der Waals surface area contributed by atoms with E-state index in [4.69, 9.17) is 4.74 Å². The number of carbonyl (C=O) groups is 2. The molecule has 3 aromatic rings. The number of carbonyl (C=O) groups excluding carboxylic acids is 2. The molecule has 1 aliphatic heterocycles. The fourth-order valence-corrected chi connectivity index (χ4v) is 3.98. The maximum atomic E-state index is 13.4. The molecule has 1 aliphatic rings. The molecule has 166 valence electrons. The zero-order chi connectivity index (χ0) is 22.7. The van der Waals surface area contributed by atoms with Crippen molar-refractivity contribution >= 4 is 11.8 Å². The summed E-state index contributed by atoms with van der Waals surface area (Å²) in [7, 11) is 1.60. The first kappa shape index (κ1) is 21.5. The Morgan fingerprint density at radius 2 is 1.88 bits per heavy atom. The highest BCUT2D eigenvalue weighted by atomic mass is 16.5. The molecule has 1 N–H and O–H groups in total. The van der Waals surface area contributed by atoms with Crippen LogP contribution in [-0.4, -0.2) is 68.5 Å². The van der Waals surface area contributed by atoms with Gasteiger partial charge >= 0.3 is 0 Å². The molecule has 1 fully saturated rings. The molecule has 0 radical (unpaired) electrons. The van der Waals surface area contributed by atoms with Gasteiger partial charge < -0.3 is 14.5 Å². The van der Waals surface area contributed by atoms with Gasteiger partial charge in [0.05, 0.1) is 7.11 Å². The second-order valence-electron chi connectivity index (χ2n) is 7.81. The number of methoxy groups -OCH3 is 1. The van der Waals surface area contributed by atoms with Crippen molar-refractivity contribution in [2.24, 2.45) is 0 Å². The lowest BCUT2D eigenvalue weighted by Gasteiger charge is -2.30. The second kappa shape index (κ2) is 9.17. The topological polar surface area (TPSA) is 104 Å². The van der Waals surface area contributed by atoms with Crippen molar-refractivity contribution in [3.05, 3.63) is 71.1 Å². The van der Waals surface area contributed by atoms with Crippen LogP contribution in [0, 0.1) is 13.8 Å². The van der Waals surface area contributed by atoms with Crippen LogP contribution in [0.25, 0.3) is 0 Å². The molecule has 2 amide bonds. The summed E-state index contributed by atoms with van der Waals surface area (Å²) >= 11 is 0. The van der Waals surface area contributed by atoms with E-state index in [0.717, 1.165) is 5.56 Å². The Hall–Kier alpha value is -3.75. The Bertz CT molecular complexity index is 1110. The molecule has 2 aromatic heterocycles. The van der Waals surface area contributed by atoms with Crippen LogP contribution in [0.2, 0.25) is 0 Å². The molecule has 0 aliphatic carbocycles.